The number of carboxylic acids is 1. The molecule has 1 N–H and O–H groups in total. The summed E-state index contributed by atoms with van der Waals surface area (Å²) in [6.07, 6.45) is 0. The third kappa shape index (κ3) is 1.83. The first-order chi connectivity index (χ1) is 7.69. The average molecular weight is 238 g/mol. The summed E-state index contributed by atoms with van der Waals surface area (Å²) in [4.78, 5) is 12.4. The minimum Gasteiger partial charge on any atom is -0.480 e. The van der Waals surface area contributed by atoms with Gasteiger partial charge in [-0.25, -0.2) is 0 Å². The van der Waals surface area contributed by atoms with E-state index < -0.39 is 11.4 Å². The Kier molecular flexibility index (Phi) is 3.21. The number of hydrogen-bond acceptors (Lipinski definition) is 3. The Bertz CT molecular complexity index is 382. The van der Waals surface area contributed by atoms with E-state index in [9.17, 15) is 9.90 Å². The van der Waals surface area contributed by atoms with Crippen LogP contribution in [-0.2, 0) is 14.9 Å². The molecular weight excluding hydrogens is 224 g/mol. The molecule has 4 heteroatoms. The quantitative estimate of drug-likeness (QED) is 0.816. The molecule has 0 spiro atoms. The van der Waals surface area contributed by atoms with E-state index in [0.29, 0.717) is 0 Å². The second-order valence-electron chi connectivity index (χ2n) is 3.84. The molecule has 0 aromatic heterocycles. The molecule has 3 nitrogen and oxygen atoms in total. The summed E-state index contributed by atoms with van der Waals surface area (Å²) in [5, 5.41) is 9.22. The van der Waals surface area contributed by atoms with E-state index in [2.05, 4.69) is 6.92 Å². The summed E-state index contributed by atoms with van der Waals surface area (Å²) >= 11 is 1.75. The van der Waals surface area contributed by atoms with Gasteiger partial charge in [0.25, 0.3) is 0 Å². The Morgan fingerprint density at radius 3 is 2.44 bits per heavy atom. The van der Waals surface area contributed by atoms with Gasteiger partial charge in [-0.3, -0.25) is 4.79 Å². The fraction of sp³-hybridized carbons (Fsp3) is 0.417. The fourth-order valence-corrected chi connectivity index (χ4v) is 2.42. The van der Waals surface area contributed by atoms with Crippen molar-refractivity contribution in [2.75, 3.05) is 19.0 Å². The lowest BCUT2D eigenvalue weighted by Gasteiger charge is -2.37. The molecule has 0 amide bonds. The van der Waals surface area contributed by atoms with Gasteiger partial charge < -0.3 is 9.84 Å². The first kappa shape index (κ1) is 11.5. The van der Waals surface area contributed by atoms with Crippen LogP contribution in [0.4, 0.5) is 0 Å². The van der Waals surface area contributed by atoms with Gasteiger partial charge in [0.1, 0.15) is 5.41 Å². The second kappa shape index (κ2) is 4.47. The molecule has 1 heterocycles. The van der Waals surface area contributed by atoms with Crippen LogP contribution in [0.15, 0.2) is 29.2 Å². The summed E-state index contributed by atoms with van der Waals surface area (Å²) in [6, 6.07) is 7.75. The van der Waals surface area contributed by atoms with Gasteiger partial charge in [0.15, 0.2) is 0 Å². The van der Waals surface area contributed by atoms with Crippen molar-refractivity contribution in [1.29, 1.82) is 0 Å². The lowest BCUT2D eigenvalue weighted by atomic mass is 9.79. The van der Waals surface area contributed by atoms with Gasteiger partial charge >= 0.3 is 5.97 Å². The van der Waals surface area contributed by atoms with Gasteiger partial charge in [-0.1, -0.05) is 19.1 Å². The maximum absolute atomic E-state index is 11.2. The Hall–Kier alpha value is -1.00. The molecule has 0 unspecified atom stereocenters. The van der Waals surface area contributed by atoms with Gasteiger partial charge in [0.2, 0.25) is 0 Å². The van der Waals surface area contributed by atoms with Crippen LogP contribution in [0.25, 0.3) is 0 Å². The zero-order valence-electron chi connectivity index (χ0n) is 9.10. The first-order valence-corrected chi connectivity index (χ1v) is 6.22. The highest BCUT2D eigenvalue weighted by atomic mass is 32.2. The zero-order chi connectivity index (χ0) is 11.6. The van der Waals surface area contributed by atoms with Crippen LogP contribution < -0.4 is 0 Å². The van der Waals surface area contributed by atoms with Gasteiger partial charge in [-0.2, -0.15) is 0 Å². The molecule has 0 saturated carbocycles. The SMILES string of the molecule is CCSc1ccc(C2(C(=O)O)COC2)cc1. The van der Waals surface area contributed by atoms with Crippen LogP contribution in [0.3, 0.4) is 0 Å². The Labute approximate surface area is 98.8 Å². The number of benzene rings is 1. The Morgan fingerprint density at radius 2 is 2.06 bits per heavy atom. The molecule has 0 atom stereocenters. The largest absolute Gasteiger partial charge is 0.480 e. The maximum atomic E-state index is 11.2. The summed E-state index contributed by atoms with van der Waals surface area (Å²) in [5.41, 5.74) is 0.0294. The molecule has 2 rings (SSSR count). The molecule has 0 radical (unpaired) electrons. The first-order valence-electron chi connectivity index (χ1n) is 5.23. The molecule has 86 valence electrons. The standard InChI is InChI=1S/C12H14O3S/c1-2-16-10-5-3-9(4-6-10)12(11(13)14)7-15-8-12/h3-6H,2,7-8H2,1H3,(H,13,14). The molecule has 16 heavy (non-hydrogen) atoms. The molecule has 1 aromatic carbocycles. The van der Waals surface area contributed by atoms with E-state index in [1.807, 2.05) is 24.3 Å². The van der Waals surface area contributed by atoms with Gasteiger partial charge in [0.05, 0.1) is 13.2 Å². The van der Waals surface area contributed by atoms with Gasteiger partial charge in [-0.15, -0.1) is 11.8 Å². The third-order valence-corrected chi connectivity index (χ3v) is 3.72. The van der Waals surface area contributed by atoms with Crippen molar-refractivity contribution in [2.24, 2.45) is 0 Å². The van der Waals surface area contributed by atoms with E-state index in [1.165, 1.54) is 4.90 Å². The summed E-state index contributed by atoms with van der Waals surface area (Å²) in [5.74, 6) is 0.224. The van der Waals surface area contributed by atoms with Crippen molar-refractivity contribution in [1.82, 2.24) is 0 Å². The van der Waals surface area contributed by atoms with Crippen molar-refractivity contribution in [3.05, 3.63) is 29.8 Å². The molecule has 1 aliphatic rings. The summed E-state index contributed by atoms with van der Waals surface area (Å²) in [7, 11) is 0. The monoisotopic (exact) mass is 238 g/mol. The number of thioether (sulfide) groups is 1. The Morgan fingerprint density at radius 1 is 1.44 bits per heavy atom. The van der Waals surface area contributed by atoms with E-state index in [1.54, 1.807) is 11.8 Å². The van der Waals surface area contributed by atoms with Gasteiger partial charge in [0, 0.05) is 4.90 Å². The number of carbonyl (C=O) groups is 1. The van der Waals surface area contributed by atoms with E-state index >= 15 is 0 Å². The van der Waals surface area contributed by atoms with Crippen molar-refractivity contribution in [3.8, 4) is 0 Å². The molecule has 1 saturated heterocycles. The van der Waals surface area contributed by atoms with E-state index in [0.717, 1.165) is 11.3 Å². The average Bonchev–Trinajstić information content (AvgIpc) is 2.18. The lowest BCUT2D eigenvalue weighted by molar-refractivity contribution is -0.163. The Balaban J connectivity index is 2.23. The van der Waals surface area contributed by atoms with Crippen LogP contribution in [0.1, 0.15) is 12.5 Å². The highest BCUT2D eigenvalue weighted by Crippen LogP contribution is 2.33. The predicted octanol–water partition coefficient (Wildman–Crippen LogP) is 2.15. The number of ether oxygens (including phenoxy) is 1. The number of rotatable bonds is 4. The van der Waals surface area contributed by atoms with Crippen LogP contribution in [0.2, 0.25) is 0 Å². The normalized spacial score (nSPS) is 17.8. The van der Waals surface area contributed by atoms with Crippen molar-refractivity contribution < 1.29 is 14.6 Å². The van der Waals surface area contributed by atoms with Crippen molar-refractivity contribution in [2.45, 2.75) is 17.2 Å². The summed E-state index contributed by atoms with van der Waals surface area (Å²) < 4.78 is 5.05. The second-order valence-corrected chi connectivity index (χ2v) is 5.17. The van der Waals surface area contributed by atoms with E-state index in [4.69, 9.17) is 4.74 Å². The molecule has 1 fully saturated rings. The highest BCUT2D eigenvalue weighted by Gasteiger charge is 2.47. The molecule has 0 bridgehead atoms. The molecule has 1 aromatic rings. The fourth-order valence-electron chi connectivity index (χ4n) is 1.76. The van der Waals surface area contributed by atoms with Crippen LogP contribution >= 0.6 is 11.8 Å². The highest BCUT2D eigenvalue weighted by molar-refractivity contribution is 7.99. The lowest BCUT2D eigenvalue weighted by Crippen LogP contribution is -2.53. The molecule has 1 aliphatic heterocycles. The zero-order valence-corrected chi connectivity index (χ0v) is 9.92. The van der Waals surface area contributed by atoms with Crippen LogP contribution in [0, 0.1) is 0 Å². The predicted molar refractivity (Wildman–Crippen MR) is 63.0 cm³/mol. The van der Waals surface area contributed by atoms with Gasteiger partial charge in [-0.05, 0) is 23.4 Å². The van der Waals surface area contributed by atoms with Crippen molar-refractivity contribution >= 4 is 17.7 Å². The van der Waals surface area contributed by atoms with E-state index in [-0.39, 0.29) is 13.2 Å². The third-order valence-electron chi connectivity index (χ3n) is 2.82. The smallest absolute Gasteiger partial charge is 0.318 e. The molecular formula is C12H14O3S. The summed E-state index contributed by atoms with van der Waals surface area (Å²) in [6.45, 7) is 2.66. The minimum atomic E-state index is -0.810. The minimum absolute atomic E-state index is 0.280. The number of hydrogen-bond donors (Lipinski definition) is 1. The van der Waals surface area contributed by atoms with Crippen LogP contribution in [-0.4, -0.2) is 30.0 Å². The van der Waals surface area contributed by atoms with Crippen LogP contribution in [0.5, 0.6) is 0 Å². The maximum Gasteiger partial charge on any atom is 0.318 e. The number of carboxylic acid groups (broad SMARTS) is 1. The molecule has 0 aliphatic carbocycles. The topological polar surface area (TPSA) is 46.5 Å². The van der Waals surface area contributed by atoms with Crippen molar-refractivity contribution in [3.63, 3.8) is 0 Å². The number of aliphatic carboxylic acids is 1.